The average Bonchev–Trinajstić information content (AvgIpc) is 2.45. The predicted octanol–water partition coefficient (Wildman–Crippen LogP) is 3.94. The van der Waals surface area contributed by atoms with Crippen LogP contribution in [0, 0.1) is 11.8 Å². The molecule has 1 aliphatic carbocycles. The van der Waals surface area contributed by atoms with E-state index in [-0.39, 0.29) is 5.91 Å². The minimum Gasteiger partial charge on any atom is -0.387 e. The highest BCUT2D eigenvalue weighted by Crippen LogP contribution is 2.28. The van der Waals surface area contributed by atoms with Gasteiger partial charge in [0.15, 0.2) is 0 Å². The van der Waals surface area contributed by atoms with Crippen molar-refractivity contribution in [1.29, 1.82) is 0 Å². The molecule has 20 heavy (non-hydrogen) atoms. The maximum absolute atomic E-state index is 12.3. The Bertz CT molecular complexity index is 476. The first-order chi connectivity index (χ1) is 9.60. The van der Waals surface area contributed by atoms with Crippen LogP contribution in [0.4, 0.5) is 5.69 Å². The summed E-state index contributed by atoms with van der Waals surface area (Å²) in [6.07, 6.45) is 5.04. The van der Waals surface area contributed by atoms with Crippen molar-refractivity contribution < 1.29 is 4.79 Å². The number of hydrogen-bond donors (Lipinski definition) is 2. The Morgan fingerprint density at radius 2 is 2.20 bits per heavy atom. The van der Waals surface area contributed by atoms with E-state index in [2.05, 4.69) is 17.6 Å². The third-order valence-electron chi connectivity index (χ3n) is 4.09. The number of amides is 1. The van der Waals surface area contributed by atoms with Crippen LogP contribution in [0.25, 0.3) is 0 Å². The Hall–Kier alpha value is -1.22. The number of carbonyl (C=O) groups is 1. The molecule has 3 nitrogen and oxygen atoms in total. The lowest BCUT2D eigenvalue weighted by Gasteiger charge is -2.26. The van der Waals surface area contributed by atoms with Crippen LogP contribution in [0.15, 0.2) is 18.2 Å². The molecule has 0 radical (unpaired) electrons. The molecule has 0 spiro atoms. The number of hydrogen-bond acceptors (Lipinski definition) is 2. The Kier molecular flexibility index (Phi) is 5.30. The molecule has 2 rings (SSSR count). The van der Waals surface area contributed by atoms with E-state index in [1.54, 1.807) is 12.1 Å². The lowest BCUT2D eigenvalue weighted by atomic mass is 9.82. The highest BCUT2D eigenvalue weighted by Gasteiger charge is 2.20. The Morgan fingerprint density at radius 3 is 2.90 bits per heavy atom. The van der Waals surface area contributed by atoms with Crippen molar-refractivity contribution in [2.45, 2.75) is 32.6 Å². The fourth-order valence-corrected chi connectivity index (χ4v) is 3.17. The summed E-state index contributed by atoms with van der Waals surface area (Å²) in [5, 5.41) is 6.67. The zero-order valence-electron chi connectivity index (χ0n) is 12.2. The molecule has 1 aromatic rings. The summed E-state index contributed by atoms with van der Waals surface area (Å²) in [6.45, 7) is 3.06. The Labute approximate surface area is 126 Å². The molecule has 0 aliphatic heterocycles. The zero-order valence-corrected chi connectivity index (χ0v) is 13.0. The van der Waals surface area contributed by atoms with Crippen LogP contribution < -0.4 is 10.6 Å². The summed E-state index contributed by atoms with van der Waals surface area (Å²) in [4.78, 5) is 12.3. The molecular weight excluding hydrogens is 272 g/mol. The van der Waals surface area contributed by atoms with E-state index in [9.17, 15) is 4.79 Å². The molecule has 4 heteroatoms. The second-order valence-electron chi connectivity index (χ2n) is 5.79. The summed E-state index contributed by atoms with van der Waals surface area (Å²) < 4.78 is 0. The SMILES string of the molecule is CNc1ccc(Cl)cc1C(=O)NCC1CCCC(C)C1. The van der Waals surface area contributed by atoms with Crippen LogP contribution in [-0.4, -0.2) is 19.5 Å². The quantitative estimate of drug-likeness (QED) is 0.883. The number of benzene rings is 1. The largest absolute Gasteiger partial charge is 0.387 e. The van der Waals surface area contributed by atoms with Crippen molar-refractivity contribution in [3.8, 4) is 0 Å². The second kappa shape index (κ2) is 6.98. The summed E-state index contributed by atoms with van der Waals surface area (Å²) in [6, 6.07) is 5.33. The van der Waals surface area contributed by atoms with Crippen molar-refractivity contribution in [2.24, 2.45) is 11.8 Å². The number of anilines is 1. The summed E-state index contributed by atoms with van der Waals surface area (Å²) in [5.41, 5.74) is 1.42. The molecule has 0 heterocycles. The Balaban J connectivity index is 1.96. The van der Waals surface area contributed by atoms with Crippen molar-refractivity contribution in [1.82, 2.24) is 5.32 Å². The smallest absolute Gasteiger partial charge is 0.253 e. The van der Waals surface area contributed by atoms with E-state index in [1.807, 2.05) is 13.1 Å². The fourth-order valence-electron chi connectivity index (χ4n) is 3.00. The third-order valence-corrected chi connectivity index (χ3v) is 4.33. The van der Waals surface area contributed by atoms with Gasteiger partial charge in [-0.05, 0) is 42.9 Å². The highest BCUT2D eigenvalue weighted by molar-refractivity contribution is 6.31. The fraction of sp³-hybridized carbons (Fsp3) is 0.562. The van der Waals surface area contributed by atoms with Gasteiger partial charge in [-0.1, -0.05) is 31.4 Å². The van der Waals surface area contributed by atoms with E-state index in [0.717, 1.165) is 18.2 Å². The van der Waals surface area contributed by atoms with Crippen molar-refractivity contribution in [3.63, 3.8) is 0 Å². The van der Waals surface area contributed by atoms with E-state index < -0.39 is 0 Å². The maximum atomic E-state index is 12.3. The summed E-state index contributed by atoms with van der Waals surface area (Å²) in [7, 11) is 1.81. The molecule has 1 aliphatic rings. The van der Waals surface area contributed by atoms with Crippen LogP contribution in [0.2, 0.25) is 5.02 Å². The van der Waals surface area contributed by atoms with Crippen LogP contribution in [0.1, 0.15) is 43.0 Å². The molecule has 1 saturated carbocycles. The van der Waals surface area contributed by atoms with Crippen LogP contribution in [0.3, 0.4) is 0 Å². The minimum absolute atomic E-state index is 0.0462. The molecule has 1 aromatic carbocycles. The molecule has 0 saturated heterocycles. The van der Waals surface area contributed by atoms with Crippen molar-refractivity contribution in [2.75, 3.05) is 18.9 Å². The average molecular weight is 295 g/mol. The normalized spacial score (nSPS) is 22.4. The standard InChI is InChI=1S/C16H23ClN2O/c1-11-4-3-5-12(8-11)10-19-16(20)14-9-13(17)6-7-15(14)18-2/h6-7,9,11-12,18H,3-5,8,10H2,1-2H3,(H,19,20). The molecular formula is C16H23ClN2O. The van der Waals surface area contributed by atoms with Gasteiger partial charge in [-0.2, -0.15) is 0 Å². The van der Waals surface area contributed by atoms with Gasteiger partial charge >= 0.3 is 0 Å². The molecule has 2 unspecified atom stereocenters. The number of rotatable bonds is 4. The minimum atomic E-state index is -0.0462. The monoisotopic (exact) mass is 294 g/mol. The van der Waals surface area contributed by atoms with Crippen LogP contribution >= 0.6 is 11.6 Å². The molecule has 1 amide bonds. The number of halogens is 1. The number of carbonyl (C=O) groups excluding carboxylic acids is 1. The molecule has 110 valence electrons. The predicted molar refractivity (Wildman–Crippen MR) is 84.5 cm³/mol. The van der Waals surface area contributed by atoms with Gasteiger partial charge in [0.05, 0.1) is 5.56 Å². The Morgan fingerprint density at radius 1 is 1.40 bits per heavy atom. The van der Waals surface area contributed by atoms with Crippen LogP contribution in [-0.2, 0) is 0 Å². The highest BCUT2D eigenvalue weighted by atomic mass is 35.5. The molecule has 2 N–H and O–H groups in total. The second-order valence-corrected chi connectivity index (χ2v) is 6.22. The van der Waals surface area contributed by atoms with Gasteiger partial charge < -0.3 is 10.6 Å². The topological polar surface area (TPSA) is 41.1 Å². The third kappa shape index (κ3) is 3.89. The van der Waals surface area contributed by atoms with E-state index in [1.165, 1.54) is 25.7 Å². The lowest BCUT2D eigenvalue weighted by Crippen LogP contribution is -2.31. The van der Waals surface area contributed by atoms with Gasteiger partial charge in [0.25, 0.3) is 5.91 Å². The first kappa shape index (κ1) is 15.2. The van der Waals surface area contributed by atoms with Gasteiger partial charge in [0.1, 0.15) is 0 Å². The van der Waals surface area contributed by atoms with Crippen LogP contribution in [0.5, 0.6) is 0 Å². The number of nitrogens with one attached hydrogen (secondary N) is 2. The lowest BCUT2D eigenvalue weighted by molar-refractivity contribution is 0.0941. The molecule has 0 bridgehead atoms. The van der Waals surface area contributed by atoms with Gasteiger partial charge in [-0.3, -0.25) is 4.79 Å². The first-order valence-electron chi connectivity index (χ1n) is 7.35. The molecule has 1 fully saturated rings. The molecule has 2 atom stereocenters. The first-order valence-corrected chi connectivity index (χ1v) is 7.73. The van der Waals surface area contributed by atoms with E-state index in [4.69, 9.17) is 11.6 Å². The van der Waals surface area contributed by atoms with E-state index >= 15 is 0 Å². The van der Waals surface area contributed by atoms with Crippen molar-refractivity contribution in [3.05, 3.63) is 28.8 Å². The summed E-state index contributed by atoms with van der Waals surface area (Å²) in [5.74, 6) is 1.35. The molecule has 0 aromatic heterocycles. The van der Waals surface area contributed by atoms with Crippen molar-refractivity contribution >= 4 is 23.2 Å². The maximum Gasteiger partial charge on any atom is 0.253 e. The van der Waals surface area contributed by atoms with Gasteiger partial charge in [0.2, 0.25) is 0 Å². The van der Waals surface area contributed by atoms with Gasteiger partial charge in [-0.25, -0.2) is 0 Å². The van der Waals surface area contributed by atoms with Gasteiger partial charge in [0, 0.05) is 24.3 Å². The van der Waals surface area contributed by atoms with E-state index in [0.29, 0.717) is 16.5 Å². The zero-order chi connectivity index (χ0) is 14.5. The summed E-state index contributed by atoms with van der Waals surface area (Å²) >= 11 is 5.98. The van der Waals surface area contributed by atoms with Gasteiger partial charge in [-0.15, -0.1) is 0 Å².